The maximum Gasteiger partial charge on any atom is 0.547 e. The number of halogens is 2. The molecular weight excluding hydrogens is 721 g/mol. The van der Waals surface area contributed by atoms with Crippen LogP contribution in [0, 0.1) is 5.82 Å². The molecule has 2 atom stereocenters. The van der Waals surface area contributed by atoms with E-state index in [0.29, 0.717) is 4.90 Å². The minimum Gasteiger partial charge on any atom is -0.534 e. The van der Waals surface area contributed by atoms with Gasteiger partial charge in [0.1, 0.15) is 23.2 Å². The lowest BCUT2D eigenvalue weighted by Gasteiger charge is -2.34. The van der Waals surface area contributed by atoms with Crippen LogP contribution in [0.1, 0.15) is 38.7 Å². The van der Waals surface area contributed by atoms with Crippen molar-refractivity contribution in [2.45, 2.75) is 31.1 Å². The van der Waals surface area contributed by atoms with Crippen LogP contribution in [0.5, 0.6) is 17.2 Å². The number of hydrogen-bond donors (Lipinski definition) is 8. The average Bonchev–Trinajstić information content (AvgIpc) is 3.05. The van der Waals surface area contributed by atoms with E-state index in [2.05, 4.69) is 10.6 Å². The van der Waals surface area contributed by atoms with Gasteiger partial charge in [-0.15, -0.1) is 0 Å². The van der Waals surface area contributed by atoms with Gasteiger partial charge in [0, 0.05) is 19.6 Å². The molecule has 0 bridgehead atoms. The van der Waals surface area contributed by atoms with Crippen molar-refractivity contribution in [2.24, 2.45) is 0 Å². The topological polar surface area (TPSA) is 264 Å². The van der Waals surface area contributed by atoms with Gasteiger partial charge in [0.25, 0.3) is 0 Å². The molecule has 0 spiro atoms. The van der Waals surface area contributed by atoms with Crippen LogP contribution < -0.4 is 15.3 Å². The molecule has 0 saturated carbocycles. The molecule has 0 aliphatic carbocycles. The molecule has 2 aliphatic rings. The minimum atomic E-state index is -4.47. The maximum atomic E-state index is 14.2. The number of amides is 5. The number of aromatic hydroxyl groups is 2. The summed E-state index contributed by atoms with van der Waals surface area (Å²) in [5.41, 5.74) is -0.245. The Kier molecular flexibility index (Phi) is 10.6. The number of urea groups is 1. The number of rotatable bonds is 9. The van der Waals surface area contributed by atoms with Crippen molar-refractivity contribution in [2.75, 3.05) is 13.1 Å². The maximum absolute atomic E-state index is 14.2. The SMILES string of the molecule is O=C(O)c1c(F)ccc2c1OB(O)[C@@H](NC(=O)[C@H](NC(=O)N1CCN(Cc3ccc(O)c(O)c3Cl)C(=O)C1=O)c1ccc(CP(=O)(O)O)cc1)C2. The Morgan fingerprint density at radius 1 is 1.04 bits per heavy atom. The number of piperazine rings is 1. The normalized spacial score (nSPS) is 16.6. The van der Waals surface area contributed by atoms with Gasteiger partial charge >= 0.3 is 38.5 Å². The van der Waals surface area contributed by atoms with Gasteiger partial charge in [0.15, 0.2) is 11.5 Å². The van der Waals surface area contributed by atoms with E-state index < -0.39 is 91.2 Å². The lowest BCUT2D eigenvalue weighted by molar-refractivity contribution is -0.154. The summed E-state index contributed by atoms with van der Waals surface area (Å²) in [6.07, 6.45) is -0.862. The van der Waals surface area contributed by atoms with Crippen LogP contribution in [0.2, 0.25) is 5.02 Å². The quantitative estimate of drug-likeness (QED) is 0.0659. The fourth-order valence-electron chi connectivity index (χ4n) is 5.52. The number of benzene rings is 3. The average molecular weight is 749 g/mol. The molecule has 1 fully saturated rings. The van der Waals surface area contributed by atoms with E-state index in [-0.39, 0.29) is 53.3 Å². The number of nitrogens with zero attached hydrogens (tertiary/aromatic N) is 2. The molecule has 3 aromatic carbocycles. The number of carboxylic acids is 1. The highest BCUT2D eigenvalue weighted by Gasteiger charge is 2.42. The second-order valence-corrected chi connectivity index (χ2v) is 13.6. The molecule has 268 valence electrons. The van der Waals surface area contributed by atoms with Crippen LogP contribution in [0.25, 0.3) is 0 Å². The summed E-state index contributed by atoms with van der Waals surface area (Å²) >= 11 is 6.05. The molecular formula is C30H28BClFN4O13P. The van der Waals surface area contributed by atoms with Crippen molar-refractivity contribution in [3.05, 3.63) is 87.2 Å². The van der Waals surface area contributed by atoms with Gasteiger partial charge in [0.05, 0.1) is 17.1 Å². The fourth-order valence-corrected chi connectivity index (χ4v) is 6.43. The van der Waals surface area contributed by atoms with Gasteiger partial charge in [-0.05, 0) is 40.8 Å². The largest absolute Gasteiger partial charge is 0.547 e. The number of nitrogens with one attached hydrogen (secondary N) is 2. The molecule has 21 heteroatoms. The molecule has 0 aromatic heterocycles. The predicted molar refractivity (Wildman–Crippen MR) is 173 cm³/mol. The third-order valence-electron chi connectivity index (χ3n) is 8.07. The van der Waals surface area contributed by atoms with E-state index >= 15 is 0 Å². The van der Waals surface area contributed by atoms with E-state index in [4.69, 9.17) is 16.3 Å². The third-order valence-corrected chi connectivity index (χ3v) is 9.27. The van der Waals surface area contributed by atoms with Crippen molar-refractivity contribution in [3.63, 3.8) is 0 Å². The lowest BCUT2D eigenvalue weighted by atomic mass is 9.72. The highest BCUT2D eigenvalue weighted by atomic mass is 35.5. The summed E-state index contributed by atoms with van der Waals surface area (Å²) in [4.78, 5) is 85.1. The molecule has 5 rings (SSSR count). The van der Waals surface area contributed by atoms with Gasteiger partial charge in [-0.2, -0.15) is 0 Å². The first kappa shape index (κ1) is 37.1. The van der Waals surface area contributed by atoms with Gasteiger partial charge < -0.3 is 50.3 Å². The Hall–Kier alpha value is -5.20. The molecule has 2 aliphatic heterocycles. The van der Waals surface area contributed by atoms with Gasteiger partial charge in [-0.3, -0.25) is 23.8 Å². The van der Waals surface area contributed by atoms with E-state index in [9.17, 15) is 63.1 Å². The summed E-state index contributed by atoms with van der Waals surface area (Å²) in [5.74, 6) is -8.96. The Labute approximate surface area is 292 Å². The number of carbonyl (C=O) groups excluding carboxylic acids is 4. The zero-order valence-corrected chi connectivity index (χ0v) is 27.7. The highest BCUT2D eigenvalue weighted by Crippen LogP contribution is 2.39. The number of phenols is 2. The van der Waals surface area contributed by atoms with Crippen LogP contribution in [0.3, 0.4) is 0 Å². The summed E-state index contributed by atoms with van der Waals surface area (Å²) in [5, 5.41) is 44.2. The molecule has 2 heterocycles. The number of imide groups is 1. The van der Waals surface area contributed by atoms with E-state index in [1.54, 1.807) is 0 Å². The zero-order valence-electron chi connectivity index (χ0n) is 26.0. The Balaban J connectivity index is 1.35. The number of carboxylic acid groups (broad SMARTS) is 1. The molecule has 3 aromatic rings. The second kappa shape index (κ2) is 14.6. The first-order chi connectivity index (χ1) is 23.9. The van der Waals surface area contributed by atoms with Crippen molar-refractivity contribution >= 4 is 56.0 Å². The van der Waals surface area contributed by atoms with Crippen molar-refractivity contribution < 1.29 is 67.7 Å². The Morgan fingerprint density at radius 2 is 1.73 bits per heavy atom. The summed E-state index contributed by atoms with van der Waals surface area (Å²) in [6, 6.07) is 6.88. The fraction of sp³-hybridized carbons (Fsp3) is 0.233. The minimum absolute atomic E-state index is 0.0522. The third kappa shape index (κ3) is 8.08. The Morgan fingerprint density at radius 3 is 2.37 bits per heavy atom. The van der Waals surface area contributed by atoms with Crippen molar-refractivity contribution in [1.82, 2.24) is 20.4 Å². The van der Waals surface area contributed by atoms with Crippen LogP contribution in [0.15, 0.2) is 48.5 Å². The van der Waals surface area contributed by atoms with Crippen LogP contribution in [0.4, 0.5) is 9.18 Å². The second-order valence-electron chi connectivity index (χ2n) is 11.6. The molecule has 8 N–H and O–H groups in total. The number of carbonyl (C=O) groups is 5. The predicted octanol–water partition coefficient (Wildman–Crippen LogP) is 1.03. The van der Waals surface area contributed by atoms with Crippen LogP contribution in [-0.4, -0.2) is 95.8 Å². The zero-order chi connectivity index (χ0) is 37.4. The smallest absolute Gasteiger partial charge is 0.534 e. The molecule has 51 heavy (non-hydrogen) atoms. The molecule has 17 nitrogen and oxygen atoms in total. The first-order valence-electron chi connectivity index (χ1n) is 14.9. The highest BCUT2D eigenvalue weighted by molar-refractivity contribution is 7.50. The summed E-state index contributed by atoms with van der Waals surface area (Å²) in [7, 11) is -6.34. The summed E-state index contributed by atoms with van der Waals surface area (Å²) < 4.78 is 30.9. The first-order valence-corrected chi connectivity index (χ1v) is 17.1. The van der Waals surface area contributed by atoms with E-state index in [0.717, 1.165) is 17.0 Å². The van der Waals surface area contributed by atoms with Crippen LogP contribution >= 0.6 is 19.2 Å². The number of phenolic OH excluding ortho intramolecular Hbond substituents is 2. The van der Waals surface area contributed by atoms with E-state index in [1.165, 1.54) is 36.4 Å². The molecule has 1 saturated heterocycles. The van der Waals surface area contributed by atoms with Crippen LogP contribution in [-0.2, 0) is 38.1 Å². The van der Waals surface area contributed by atoms with Crippen molar-refractivity contribution in [3.8, 4) is 17.2 Å². The monoisotopic (exact) mass is 748 g/mol. The van der Waals surface area contributed by atoms with Gasteiger partial charge in [-0.25, -0.2) is 14.0 Å². The lowest BCUT2D eigenvalue weighted by Crippen LogP contribution is -2.60. The van der Waals surface area contributed by atoms with E-state index in [1.807, 2.05) is 0 Å². The molecule has 0 radical (unpaired) electrons. The van der Waals surface area contributed by atoms with Crippen molar-refractivity contribution in [1.29, 1.82) is 0 Å². The Bertz CT molecular complexity index is 1980. The van der Waals surface area contributed by atoms with Gasteiger partial charge in [0.2, 0.25) is 5.91 Å². The molecule has 5 amide bonds. The number of fused-ring (bicyclic) bond motifs is 1. The van der Waals surface area contributed by atoms with Gasteiger partial charge in [-0.1, -0.05) is 48.0 Å². The standard InChI is InChI=1S/C30H28BClFN4O13P/c32-22-17(6-8-19(38)24(22)39)12-36-9-10-37(28(42)27(36)41)30(45)35-23(15-3-1-14(2-4-15)13-51(47,48)49)26(40)34-20-11-16-5-7-18(33)21(29(43)44)25(16)50-31(20)46/h1-8,20,23,38-39,46H,9-13H2,(H,34,40)(H,35,45)(H,43,44)(H2,47,48,49)/t20-,23+/m0/s1. The molecule has 0 unspecified atom stereocenters. The number of hydrogen-bond acceptors (Lipinski definition) is 10. The number of aromatic carboxylic acids is 1. The summed E-state index contributed by atoms with van der Waals surface area (Å²) in [6.45, 7) is -0.788.